The second-order valence-electron chi connectivity index (χ2n) is 3.63. The lowest BCUT2D eigenvalue weighted by atomic mass is 10.1. The van der Waals surface area contributed by atoms with Crippen LogP contribution in [0.25, 0.3) is 0 Å². The molecule has 0 spiro atoms. The fourth-order valence-corrected chi connectivity index (χ4v) is 2.41. The van der Waals surface area contributed by atoms with E-state index in [-0.39, 0.29) is 11.4 Å². The second-order valence-corrected chi connectivity index (χ2v) is 4.85. The van der Waals surface area contributed by atoms with Gasteiger partial charge in [0, 0.05) is 5.54 Å². The normalized spacial score (nSPS) is 18.3. The molecule has 0 aromatic heterocycles. The Hall–Kier alpha value is -0.250. The molecule has 2 N–H and O–H groups in total. The van der Waals surface area contributed by atoms with E-state index < -0.39 is 0 Å². The number of benzene rings is 1. The molecule has 1 aromatic rings. The minimum atomic E-state index is -0.318. The standard InChI is InChI=1S/C10H11ClFNS/c1-14-9-7(11)4-6(5-8(9)12)10(13)2-3-10/h4-5H,2-3,13H2,1H3. The van der Waals surface area contributed by atoms with Gasteiger partial charge in [-0.15, -0.1) is 11.8 Å². The van der Waals surface area contributed by atoms with Crippen molar-refractivity contribution in [1.29, 1.82) is 0 Å². The molecule has 1 aromatic carbocycles. The molecule has 1 aliphatic rings. The van der Waals surface area contributed by atoms with E-state index >= 15 is 0 Å². The summed E-state index contributed by atoms with van der Waals surface area (Å²) < 4.78 is 13.5. The number of thioether (sulfide) groups is 1. The molecule has 0 saturated heterocycles. The molecule has 0 aliphatic heterocycles. The highest BCUT2D eigenvalue weighted by Gasteiger charge is 2.40. The Bertz CT molecular complexity index is 353. The van der Waals surface area contributed by atoms with Crippen molar-refractivity contribution in [2.24, 2.45) is 5.73 Å². The van der Waals surface area contributed by atoms with Crippen LogP contribution >= 0.6 is 23.4 Å². The molecule has 0 bridgehead atoms. The van der Waals surface area contributed by atoms with Crippen LogP contribution in [0.5, 0.6) is 0 Å². The maximum atomic E-state index is 13.5. The molecule has 4 heteroatoms. The highest BCUT2D eigenvalue weighted by atomic mass is 35.5. The van der Waals surface area contributed by atoms with Crippen LogP contribution in [0, 0.1) is 5.82 Å². The molecule has 14 heavy (non-hydrogen) atoms. The number of hydrogen-bond acceptors (Lipinski definition) is 2. The predicted molar refractivity (Wildman–Crippen MR) is 58.3 cm³/mol. The van der Waals surface area contributed by atoms with Crippen molar-refractivity contribution in [3.8, 4) is 0 Å². The first-order valence-electron chi connectivity index (χ1n) is 4.39. The average molecular weight is 232 g/mol. The Kier molecular flexibility index (Phi) is 2.50. The zero-order chi connectivity index (χ0) is 10.3. The Morgan fingerprint density at radius 3 is 2.57 bits per heavy atom. The molecule has 0 amide bonds. The minimum absolute atomic E-state index is 0.267. The van der Waals surface area contributed by atoms with Gasteiger partial charge < -0.3 is 5.73 Å². The van der Waals surface area contributed by atoms with Gasteiger partial charge >= 0.3 is 0 Å². The summed E-state index contributed by atoms with van der Waals surface area (Å²) in [4.78, 5) is 0.500. The molecule has 2 rings (SSSR count). The van der Waals surface area contributed by atoms with E-state index in [1.54, 1.807) is 12.3 Å². The van der Waals surface area contributed by atoms with Crippen molar-refractivity contribution in [3.05, 3.63) is 28.5 Å². The molecule has 0 unspecified atom stereocenters. The Morgan fingerprint density at radius 1 is 1.50 bits per heavy atom. The quantitative estimate of drug-likeness (QED) is 0.792. The van der Waals surface area contributed by atoms with Gasteiger partial charge in [0.05, 0.1) is 9.92 Å². The molecule has 1 aliphatic carbocycles. The van der Waals surface area contributed by atoms with Crippen LogP contribution in [-0.4, -0.2) is 6.26 Å². The number of hydrogen-bond donors (Lipinski definition) is 1. The van der Waals surface area contributed by atoms with Crippen molar-refractivity contribution >= 4 is 23.4 Å². The van der Waals surface area contributed by atoms with Crippen LogP contribution in [0.2, 0.25) is 5.02 Å². The Morgan fingerprint density at radius 2 is 2.14 bits per heavy atom. The van der Waals surface area contributed by atoms with E-state index in [1.165, 1.54) is 17.8 Å². The maximum Gasteiger partial charge on any atom is 0.138 e. The first-order chi connectivity index (χ1) is 6.57. The lowest BCUT2D eigenvalue weighted by Gasteiger charge is -2.11. The van der Waals surface area contributed by atoms with E-state index in [0.717, 1.165) is 18.4 Å². The van der Waals surface area contributed by atoms with Crippen LogP contribution in [0.4, 0.5) is 4.39 Å². The van der Waals surface area contributed by atoms with Gasteiger partial charge in [0.1, 0.15) is 5.82 Å². The van der Waals surface area contributed by atoms with Crippen molar-refractivity contribution in [1.82, 2.24) is 0 Å². The van der Waals surface area contributed by atoms with E-state index in [4.69, 9.17) is 17.3 Å². The van der Waals surface area contributed by atoms with Gasteiger partial charge in [-0.2, -0.15) is 0 Å². The second kappa shape index (κ2) is 3.40. The lowest BCUT2D eigenvalue weighted by molar-refractivity contribution is 0.593. The molecule has 0 radical (unpaired) electrons. The van der Waals surface area contributed by atoms with Gasteiger partial charge in [-0.3, -0.25) is 0 Å². The van der Waals surface area contributed by atoms with Gasteiger partial charge in [-0.1, -0.05) is 11.6 Å². The SMILES string of the molecule is CSc1c(F)cc(C2(N)CC2)cc1Cl. The number of nitrogens with two attached hydrogens (primary N) is 1. The fraction of sp³-hybridized carbons (Fsp3) is 0.400. The third-order valence-electron chi connectivity index (χ3n) is 2.57. The van der Waals surface area contributed by atoms with Gasteiger partial charge in [-0.05, 0) is 36.8 Å². The third-order valence-corrected chi connectivity index (χ3v) is 3.80. The van der Waals surface area contributed by atoms with Gasteiger partial charge in [-0.25, -0.2) is 4.39 Å². The first-order valence-corrected chi connectivity index (χ1v) is 5.99. The van der Waals surface area contributed by atoms with Gasteiger partial charge in [0.25, 0.3) is 0 Å². The third kappa shape index (κ3) is 1.64. The molecule has 0 heterocycles. The van der Waals surface area contributed by atoms with Crippen LogP contribution in [0.1, 0.15) is 18.4 Å². The van der Waals surface area contributed by atoms with E-state index in [9.17, 15) is 4.39 Å². The molecular weight excluding hydrogens is 221 g/mol. The fourth-order valence-electron chi connectivity index (χ4n) is 1.47. The summed E-state index contributed by atoms with van der Waals surface area (Å²) in [5, 5.41) is 0.462. The van der Waals surface area contributed by atoms with Crippen LogP contribution in [-0.2, 0) is 5.54 Å². The van der Waals surface area contributed by atoms with Gasteiger partial charge in [0.15, 0.2) is 0 Å². The van der Waals surface area contributed by atoms with Crippen LogP contribution in [0.15, 0.2) is 17.0 Å². The summed E-state index contributed by atoms with van der Waals surface area (Å²) in [7, 11) is 0. The Labute approximate surface area is 91.8 Å². The van der Waals surface area contributed by atoms with Gasteiger partial charge in [0.2, 0.25) is 0 Å². The summed E-state index contributed by atoms with van der Waals surface area (Å²) >= 11 is 7.27. The number of halogens is 2. The summed E-state index contributed by atoms with van der Waals surface area (Å²) in [6.07, 6.45) is 3.64. The first kappa shape index (κ1) is 10.3. The van der Waals surface area contributed by atoms with E-state index in [1.807, 2.05) is 0 Å². The lowest BCUT2D eigenvalue weighted by Crippen LogP contribution is -2.18. The molecule has 0 atom stereocenters. The molecular formula is C10H11ClFNS. The summed E-state index contributed by atoms with van der Waals surface area (Å²) in [5.74, 6) is -0.267. The topological polar surface area (TPSA) is 26.0 Å². The van der Waals surface area contributed by atoms with Crippen LogP contribution < -0.4 is 5.73 Å². The van der Waals surface area contributed by atoms with Crippen LogP contribution in [0.3, 0.4) is 0 Å². The van der Waals surface area contributed by atoms with Crippen molar-refractivity contribution in [2.75, 3.05) is 6.26 Å². The molecule has 1 saturated carbocycles. The zero-order valence-electron chi connectivity index (χ0n) is 7.81. The highest BCUT2D eigenvalue weighted by molar-refractivity contribution is 7.98. The zero-order valence-corrected chi connectivity index (χ0v) is 9.38. The minimum Gasteiger partial charge on any atom is -0.321 e. The summed E-state index contributed by atoms with van der Waals surface area (Å²) in [6, 6.07) is 3.29. The molecule has 1 nitrogen and oxygen atoms in total. The molecule has 1 fully saturated rings. The predicted octanol–water partition coefficient (Wildman–Crippen LogP) is 3.15. The maximum absolute atomic E-state index is 13.5. The highest BCUT2D eigenvalue weighted by Crippen LogP contribution is 2.44. The van der Waals surface area contributed by atoms with E-state index in [0.29, 0.717) is 9.92 Å². The largest absolute Gasteiger partial charge is 0.321 e. The van der Waals surface area contributed by atoms with E-state index in [2.05, 4.69) is 0 Å². The Balaban J connectivity index is 2.47. The van der Waals surface area contributed by atoms with Crippen molar-refractivity contribution in [3.63, 3.8) is 0 Å². The van der Waals surface area contributed by atoms with Crippen molar-refractivity contribution < 1.29 is 4.39 Å². The number of rotatable bonds is 2. The summed E-state index contributed by atoms with van der Waals surface area (Å²) in [6.45, 7) is 0. The molecule has 76 valence electrons. The smallest absolute Gasteiger partial charge is 0.138 e. The monoisotopic (exact) mass is 231 g/mol. The average Bonchev–Trinajstić information content (AvgIpc) is 2.84. The summed E-state index contributed by atoms with van der Waals surface area (Å²) in [5.41, 5.74) is 6.46. The van der Waals surface area contributed by atoms with Crippen molar-refractivity contribution in [2.45, 2.75) is 23.3 Å².